The number of alkyl halides is 3. The molecule has 0 amide bonds. The topological polar surface area (TPSA) is 29.3 Å². The first-order chi connectivity index (χ1) is 9.67. The monoisotopic (exact) mass is 302 g/mol. The average Bonchev–Trinajstić information content (AvgIpc) is 2.38. The lowest BCUT2D eigenvalue weighted by Gasteiger charge is -2.39. The maximum atomic E-state index is 12.9. The van der Waals surface area contributed by atoms with Gasteiger partial charge in [-0.2, -0.15) is 13.2 Å². The second kappa shape index (κ2) is 7.27. The van der Waals surface area contributed by atoms with Crippen LogP contribution < -0.4 is 5.73 Å². The molecule has 0 saturated heterocycles. The number of benzene rings is 1. The molecular weight excluding hydrogens is 277 g/mol. The zero-order valence-corrected chi connectivity index (χ0v) is 13.1. The number of nitrogens with zero attached hydrogens (tertiary/aromatic N) is 1. The highest BCUT2D eigenvalue weighted by atomic mass is 19.4. The largest absolute Gasteiger partial charge is 0.401 e. The van der Waals surface area contributed by atoms with Crippen LogP contribution in [0, 0.1) is 6.92 Å². The Balaban J connectivity index is 3.25. The Morgan fingerprint density at radius 2 is 1.76 bits per heavy atom. The first kappa shape index (κ1) is 18.0. The lowest BCUT2D eigenvalue weighted by molar-refractivity contribution is -0.156. The summed E-state index contributed by atoms with van der Waals surface area (Å²) < 4.78 is 38.8. The molecule has 1 aromatic rings. The number of hydrogen-bond donors (Lipinski definition) is 1. The van der Waals surface area contributed by atoms with E-state index < -0.39 is 18.8 Å². The van der Waals surface area contributed by atoms with Crippen LogP contribution in [0.2, 0.25) is 0 Å². The maximum Gasteiger partial charge on any atom is 0.401 e. The average molecular weight is 302 g/mol. The van der Waals surface area contributed by atoms with Gasteiger partial charge in [0.1, 0.15) is 0 Å². The van der Waals surface area contributed by atoms with E-state index in [0.717, 1.165) is 11.1 Å². The number of nitrogens with two attached hydrogens (primary N) is 1. The molecule has 0 heterocycles. The number of hydrogen-bond acceptors (Lipinski definition) is 2. The summed E-state index contributed by atoms with van der Waals surface area (Å²) >= 11 is 0. The van der Waals surface area contributed by atoms with Crippen molar-refractivity contribution in [1.82, 2.24) is 4.90 Å². The van der Waals surface area contributed by atoms with Crippen LogP contribution in [0.5, 0.6) is 0 Å². The number of aryl methyl sites for hydroxylation is 1. The van der Waals surface area contributed by atoms with Gasteiger partial charge >= 0.3 is 6.18 Å². The number of halogens is 3. The van der Waals surface area contributed by atoms with Crippen LogP contribution >= 0.6 is 0 Å². The van der Waals surface area contributed by atoms with Gasteiger partial charge in [0, 0.05) is 12.1 Å². The van der Waals surface area contributed by atoms with Gasteiger partial charge in [0.25, 0.3) is 0 Å². The van der Waals surface area contributed by atoms with Gasteiger partial charge < -0.3 is 5.73 Å². The highest BCUT2D eigenvalue weighted by Crippen LogP contribution is 2.32. The SMILES string of the molecule is CCC(N)C(c1ccccc1C)N(CC(F)(F)F)C(C)C. The van der Waals surface area contributed by atoms with Gasteiger partial charge in [0.05, 0.1) is 12.6 Å². The lowest BCUT2D eigenvalue weighted by Crippen LogP contribution is -2.48. The molecule has 0 radical (unpaired) electrons. The Bertz CT molecular complexity index is 443. The Kier molecular flexibility index (Phi) is 6.23. The van der Waals surface area contributed by atoms with Crippen LogP contribution in [0.1, 0.15) is 44.4 Å². The summed E-state index contributed by atoms with van der Waals surface area (Å²) in [5.41, 5.74) is 8.02. The fourth-order valence-corrected chi connectivity index (χ4v) is 2.61. The van der Waals surface area contributed by atoms with Crippen molar-refractivity contribution in [1.29, 1.82) is 0 Å². The minimum absolute atomic E-state index is 0.242. The van der Waals surface area contributed by atoms with Gasteiger partial charge in [-0.15, -0.1) is 0 Å². The molecular formula is C16H25F3N2. The van der Waals surface area contributed by atoms with Crippen molar-refractivity contribution >= 4 is 0 Å². The molecule has 21 heavy (non-hydrogen) atoms. The highest BCUT2D eigenvalue weighted by Gasteiger charge is 2.37. The van der Waals surface area contributed by atoms with Crippen LogP contribution in [0.25, 0.3) is 0 Å². The summed E-state index contributed by atoms with van der Waals surface area (Å²) in [6.07, 6.45) is -3.61. The fraction of sp³-hybridized carbons (Fsp3) is 0.625. The summed E-state index contributed by atoms with van der Waals surface area (Å²) in [5.74, 6) is 0. The van der Waals surface area contributed by atoms with Crippen LogP contribution in [0.15, 0.2) is 24.3 Å². The zero-order valence-electron chi connectivity index (χ0n) is 13.1. The molecule has 0 aliphatic rings. The van der Waals surface area contributed by atoms with E-state index in [4.69, 9.17) is 5.73 Å². The molecule has 0 aliphatic carbocycles. The van der Waals surface area contributed by atoms with Crippen molar-refractivity contribution in [2.45, 2.75) is 58.4 Å². The molecule has 2 N–H and O–H groups in total. The molecule has 0 aromatic heterocycles. The van der Waals surface area contributed by atoms with Crippen molar-refractivity contribution in [3.8, 4) is 0 Å². The molecule has 5 heteroatoms. The van der Waals surface area contributed by atoms with Crippen LogP contribution in [0.3, 0.4) is 0 Å². The normalized spacial score (nSPS) is 15.5. The van der Waals surface area contributed by atoms with E-state index in [0.29, 0.717) is 6.42 Å². The molecule has 0 spiro atoms. The molecule has 2 unspecified atom stereocenters. The first-order valence-corrected chi connectivity index (χ1v) is 7.31. The first-order valence-electron chi connectivity index (χ1n) is 7.31. The van der Waals surface area contributed by atoms with Crippen molar-refractivity contribution in [2.24, 2.45) is 5.73 Å². The second-order valence-electron chi connectivity index (χ2n) is 5.75. The Morgan fingerprint density at radius 3 is 2.19 bits per heavy atom. The van der Waals surface area contributed by atoms with E-state index in [9.17, 15) is 13.2 Å². The Hall–Kier alpha value is -1.07. The van der Waals surface area contributed by atoms with Gasteiger partial charge in [0.2, 0.25) is 0 Å². The van der Waals surface area contributed by atoms with Gasteiger partial charge in [-0.25, -0.2) is 0 Å². The predicted octanol–water partition coefficient (Wildman–Crippen LogP) is 4.05. The molecule has 2 nitrogen and oxygen atoms in total. The van der Waals surface area contributed by atoms with Gasteiger partial charge in [-0.3, -0.25) is 4.90 Å². The van der Waals surface area contributed by atoms with Crippen molar-refractivity contribution < 1.29 is 13.2 Å². The molecule has 0 saturated carbocycles. The molecule has 120 valence electrons. The Labute approximate surface area is 125 Å². The number of rotatable bonds is 6. The second-order valence-corrected chi connectivity index (χ2v) is 5.75. The molecule has 0 aliphatic heterocycles. The third kappa shape index (κ3) is 5.00. The van der Waals surface area contributed by atoms with Crippen LogP contribution in [-0.2, 0) is 0 Å². The summed E-state index contributed by atoms with van der Waals surface area (Å²) in [6.45, 7) is 6.43. The van der Waals surface area contributed by atoms with Crippen molar-refractivity contribution in [3.63, 3.8) is 0 Å². The molecule has 1 rings (SSSR count). The van der Waals surface area contributed by atoms with E-state index in [-0.39, 0.29) is 12.1 Å². The lowest BCUT2D eigenvalue weighted by atomic mass is 9.92. The third-order valence-corrected chi connectivity index (χ3v) is 3.77. The summed E-state index contributed by atoms with van der Waals surface area (Å²) in [6, 6.07) is 6.51. The molecule has 0 bridgehead atoms. The minimum Gasteiger partial charge on any atom is -0.326 e. The fourth-order valence-electron chi connectivity index (χ4n) is 2.61. The van der Waals surface area contributed by atoms with E-state index in [1.807, 2.05) is 38.1 Å². The summed E-state index contributed by atoms with van der Waals surface area (Å²) in [4.78, 5) is 1.45. The minimum atomic E-state index is -4.24. The van der Waals surface area contributed by atoms with Gasteiger partial charge in [-0.1, -0.05) is 31.2 Å². The van der Waals surface area contributed by atoms with Crippen molar-refractivity contribution in [2.75, 3.05) is 6.54 Å². The predicted molar refractivity (Wildman–Crippen MR) is 80.1 cm³/mol. The quantitative estimate of drug-likeness (QED) is 0.859. The summed E-state index contributed by atoms with van der Waals surface area (Å²) in [7, 11) is 0. The molecule has 0 fully saturated rings. The Morgan fingerprint density at radius 1 is 1.19 bits per heavy atom. The standard InChI is InChI=1S/C16H25F3N2/c1-5-14(20)15(13-9-7-6-8-12(13)4)21(11(2)3)10-16(17,18)19/h6-9,11,14-15H,5,10,20H2,1-4H3. The van der Waals surface area contributed by atoms with E-state index >= 15 is 0 Å². The van der Waals surface area contributed by atoms with Crippen LogP contribution in [0.4, 0.5) is 13.2 Å². The van der Waals surface area contributed by atoms with E-state index in [1.54, 1.807) is 13.8 Å². The third-order valence-electron chi connectivity index (χ3n) is 3.77. The smallest absolute Gasteiger partial charge is 0.326 e. The van der Waals surface area contributed by atoms with Gasteiger partial charge in [0.15, 0.2) is 0 Å². The van der Waals surface area contributed by atoms with Crippen LogP contribution in [-0.4, -0.2) is 29.7 Å². The summed E-state index contributed by atoms with van der Waals surface area (Å²) in [5, 5.41) is 0. The molecule has 2 atom stereocenters. The zero-order chi connectivity index (χ0) is 16.2. The maximum absolute atomic E-state index is 12.9. The van der Waals surface area contributed by atoms with Gasteiger partial charge in [-0.05, 0) is 38.3 Å². The van der Waals surface area contributed by atoms with E-state index in [2.05, 4.69) is 0 Å². The van der Waals surface area contributed by atoms with E-state index in [1.165, 1.54) is 4.90 Å². The highest BCUT2D eigenvalue weighted by molar-refractivity contribution is 5.30. The molecule has 1 aromatic carbocycles. The van der Waals surface area contributed by atoms with Crippen molar-refractivity contribution in [3.05, 3.63) is 35.4 Å².